The van der Waals surface area contributed by atoms with Gasteiger partial charge in [-0.1, -0.05) is 45.7 Å². The van der Waals surface area contributed by atoms with Gasteiger partial charge in [0.05, 0.1) is 12.1 Å². The van der Waals surface area contributed by atoms with Crippen LogP contribution >= 0.6 is 27.5 Å². The lowest BCUT2D eigenvalue weighted by atomic mass is 10.0. The zero-order valence-electron chi connectivity index (χ0n) is 13.7. The first-order valence-electron chi connectivity index (χ1n) is 8.24. The van der Waals surface area contributed by atoms with E-state index in [4.69, 9.17) is 16.3 Å². The maximum absolute atomic E-state index is 12.5. The van der Waals surface area contributed by atoms with Gasteiger partial charge in [0.1, 0.15) is 12.4 Å². The standard InChI is InChI=1S/C19H20BrClN2O2/c20-17-7-15(21)6-5-14(17)12-25-19-4-2-1-3-16(19)18(24)11-23-10-13-8-22-9-13/h1-7,13,22-23H,8-12H2. The fraction of sp³-hybridized carbons (Fsp3) is 0.316. The minimum absolute atomic E-state index is 0.0399. The first-order chi connectivity index (χ1) is 12.1. The number of ether oxygens (including phenoxy) is 1. The van der Waals surface area contributed by atoms with E-state index in [0.29, 0.717) is 35.4 Å². The van der Waals surface area contributed by atoms with E-state index >= 15 is 0 Å². The van der Waals surface area contributed by atoms with Crippen LogP contribution < -0.4 is 15.4 Å². The van der Waals surface area contributed by atoms with Crippen molar-refractivity contribution in [1.82, 2.24) is 10.6 Å². The fourth-order valence-corrected chi connectivity index (χ4v) is 3.39. The van der Waals surface area contributed by atoms with E-state index in [1.165, 1.54) is 0 Å². The van der Waals surface area contributed by atoms with Crippen LogP contribution in [0.1, 0.15) is 15.9 Å². The molecule has 0 aromatic heterocycles. The molecule has 1 fully saturated rings. The summed E-state index contributed by atoms with van der Waals surface area (Å²) in [6.45, 7) is 3.60. The molecule has 0 aliphatic carbocycles. The van der Waals surface area contributed by atoms with Crippen molar-refractivity contribution in [2.24, 2.45) is 5.92 Å². The summed E-state index contributed by atoms with van der Waals surface area (Å²) in [6.07, 6.45) is 0. The van der Waals surface area contributed by atoms with E-state index in [1.807, 2.05) is 36.4 Å². The van der Waals surface area contributed by atoms with Crippen LogP contribution in [0.4, 0.5) is 0 Å². The quantitative estimate of drug-likeness (QED) is 0.636. The van der Waals surface area contributed by atoms with Gasteiger partial charge in [-0.25, -0.2) is 0 Å². The normalized spacial score (nSPS) is 14.2. The lowest BCUT2D eigenvalue weighted by Gasteiger charge is -2.27. The van der Waals surface area contributed by atoms with Gasteiger partial charge in [0, 0.05) is 34.7 Å². The van der Waals surface area contributed by atoms with Crippen LogP contribution in [0.5, 0.6) is 5.75 Å². The summed E-state index contributed by atoms with van der Waals surface area (Å²) in [5.41, 5.74) is 1.58. The van der Waals surface area contributed by atoms with Crippen LogP contribution in [0.3, 0.4) is 0 Å². The Kier molecular flexibility index (Phi) is 6.48. The predicted octanol–water partition coefficient (Wildman–Crippen LogP) is 3.67. The lowest BCUT2D eigenvalue weighted by Crippen LogP contribution is -2.47. The number of carbonyl (C=O) groups excluding carboxylic acids is 1. The van der Waals surface area contributed by atoms with Crippen LogP contribution in [0, 0.1) is 5.92 Å². The Morgan fingerprint density at radius 1 is 1.28 bits per heavy atom. The molecule has 3 rings (SSSR count). The monoisotopic (exact) mass is 422 g/mol. The third kappa shape index (κ3) is 5.05. The molecule has 4 nitrogen and oxygen atoms in total. The Labute approximate surface area is 161 Å². The van der Waals surface area contributed by atoms with Crippen LogP contribution in [0.2, 0.25) is 5.02 Å². The average Bonchev–Trinajstić information content (AvgIpc) is 2.56. The number of halogens is 2. The molecule has 2 aromatic carbocycles. The maximum atomic E-state index is 12.5. The largest absolute Gasteiger partial charge is 0.488 e. The molecule has 2 N–H and O–H groups in total. The summed E-state index contributed by atoms with van der Waals surface area (Å²) in [5.74, 6) is 1.26. The molecule has 0 radical (unpaired) electrons. The van der Waals surface area contributed by atoms with Crippen LogP contribution in [-0.4, -0.2) is 32.0 Å². The Morgan fingerprint density at radius 2 is 2.08 bits per heavy atom. The Balaban J connectivity index is 1.60. The highest BCUT2D eigenvalue weighted by Gasteiger charge is 2.17. The number of rotatable bonds is 8. The summed E-state index contributed by atoms with van der Waals surface area (Å²) in [4.78, 5) is 12.5. The molecule has 0 atom stereocenters. The topological polar surface area (TPSA) is 50.4 Å². The van der Waals surface area contributed by atoms with Crippen molar-refractivity contribution in [3.05, 3.63) is 63.1 Å². The predicted molar refractivity (Wildman–Crippen MR) is 103 cm³/mol. The fourth-order valence-electron chi connectivity index (χ4n) is 2.59. The highest BCUT2D eigenvalue weighted by Crippen LogP contribution is 2.25. The molecule has 0 amide bonds. The number of hydrogen-bond donors (Lipinski definition) is 2. The SMILES string of the molecule is O=C(CNCC1CNC1)c1ccccc1OCc1ccc(Cl)cc1Br. The smallest absolute Gasteiger partial charge is 0.180 e. The number of ketones is 1. The molecule has 0 spiro atoms. The molecule has 0 bridgehead atoms. The van der Waals surface area contributed by atoms with Gasteiger partial charge in [-0.3, -0.25) is 4.79 Å². The van der Waals surface area contributed by atoms with Crippen LogP contribution in [-0.2, 0) is 6.61 Å². The van der Waals surface area contributed by atoms with Gasteiger partial charge >= 0.3 is 0 Å². The molecule has 1 aliphatic heterocycles. The third-order valence-corrected chi connectivity index (χ3v) is 5.14. The molecular weight excluding hydrogens is 404 g/mol. The minimum Gasteiger partial charge on any atom is -0.488 e. The number of hydrogen-bond acceptors (Lipinski definition) is 4. The molecule has 0 saturated carbocycles. The van der Waals surface area contributed by atoms with E-state index in [0.717, 1.165) is 29.7 Å². The van der Waals surface area contributed by atoms with Crippen LogP contribution in [0.15, 0.2) is 46.9 Å². The van der Waals surface area contributed by atoms with Crippen molar-refractivity contribution in [2.45, 2.75) is 6.61 Å². The Morgan fingerprint density at radius 3 is 2.80 bits per heavy atom. The zero-order valence-corrected chi connectivity index (χ0v) is 16.1. The maximum Gasteiger partial charge on any atom is 0.180 e. The molecule has 132 valence electrons. The van der Waals surface area contributed by atoms with Gasteiger partial charge in [-0.2, -0.15) is 0 Å². The van der Waals surface area contributed by atoms with Gasteiger partial charge in [0.15, 0.2) is 5.78 Å². The van der Waals surface area contributed by atoms with Crippen molar-refractivity contribution in [1.29, 1.82) is 0 Å². The molecule has 1 heterocycles. The van der Waals surface area contributed by atoms with E-state index in [-0.39, 0.29) is 5.78 Å². The van der Waals surface area contributed by atoms with Crippen molar-refractivity contribution >= 4 is 33.3 Å². The van der Waals surface area contributed by atoms with Gasteiger partial charge in [-0.15, -0.1) is 0 Å². The summed E-state index contributed by atoms with van der Waals surface area (Å²) in [5, 5.41) is 7.12. The molecule has 2 aromatic rings. The second-order valence-corrected chi connectivity index (χ2v) is 7.39. The van der Waals surface area contributed by atoms with Gasteiger partial charge in [-0.05, 0) is 30.2 Å². The Hall–Kier alpha value is -1.40. The molecule has 25 heavy (non-hydrogen) atoms. The molecular formula is C19H20BrClN2O2. The first kappa shape index (κ1) is 18.4. The van der Waals surface area contributed by atoms with Gasteiger partial charge in [0.25, 0.3) is 0 Å². The third-order valence-electron chi connectivity index (χ3n) is 4.17. The summed E-state index contributed by atoms with van der Waals surface area (Å²) < 4.78 is 6.78. The number of benzene rings is 2. The van der Waals surface area contributed by atoms with E-state index < -0.39 is 0 Å². The first-order valence-corrected chi connectivity index (χ1v) is 9.41. The summed E-state index contributed by atoms with van der Waals surface area (Å²) >= 11 is 9.44. The lowest BCUT2D eigenvalue weighted by molar-refractivity contribution is 0.0984. The van der Waals surface area contributed by atoms with Crippen LogP contribution in [0.25, 0.3) is 0 Å². The van der Waals surface area contributed by atoms with Crippen molar-refractivity contribution in [3.8, 4) is 5.75 Å². The number of nitrogens with one attached hydrogen (secondary N) is 2. The van der Waals surface area contributed by atoms with Crippen molar-refractivity contribution < 1.29 is 9.53 Å². The van der Waals surface area contributed by atoms with Gasteiger partial charge < -0.3 is 15.4 Å². The number of Topliss-reactive ketones (excluding diaryl/α,β-unsaturated/α-hetero) is 1. The Bertz CT molecular complexity index is 750. The highest BCUT2D eigenvalue weighted by molar-refractivity contribution is 9.10. The van der Waals surface area contributed by atoms with Crippen molar-refractivity contribution in [2.75, 3.05) is 26.2 Å². The molecule has 6 heteroatoms. The zero-order chi connectivity index (χ0) is 17.6. The molecule has 0 unspecified atom stereocenters. The highest BCUT2D eigenvalue weighted by atomic mass is 79.9. The molecule has 1 saturated heterocycles. The number of carbonyl (C=O) groups is 1. The van der Waals surface area contributed by atoms with Gasteiger partial charge in [0.2, 0.25) is 0 Å². The summed E-state index contributed by atoms with van der Waals surface area (Å²) in [7, 11) is 0. The second kappa shape index (κ2) is 8.81. The minimum atomic E-state index is 0.0399. The molecule has 1 aliphatic rings. The van der Waals surface area contributed by atoms with Crippen molar-refractivity contribution in [3.63, 3.8) is 0 Å². The van der Waals surface area contributed by atoms with E-state index in [1.54, 1.807) is 6.07 Å². The summed E-state index contributed by atoms with van der Waals surface area (Å²) in [6, 6.07) is 12.9. The van der Waals surface area contributed by atoms with E-state index in [2.05, 4.69) is 26.6 Å². The average molecular weight is 424 g/mol. The second-order valence-electron chi connectivity index (χ2n) is 6.10. The number of para-hydroxylation sites is 1. The van der Waals surface area contributed by atoms with E-state index in [9.17, 15) is 4.79 Å².